The largest absolute Gasteiger partial charge is 0.384 e. The van der Waals surface area contributed by atoms with E-state index in [1.54, 1.807) is 11.3 Å². The molecule has 1 aliphatic heterocycles. The summed E-state index contributed by atoms with van der Waals surface area (Å²) in [7, 11) is 0. The van der Waals surface area contributed by atoms with Crippen LogP contribution in [0.25, 0.3) is 0 Å². The fraction of sp³-hybridized carbons (Fsp3) is 0.286. The molecule has 0 fully saturated rings. The smallest absolute Gasteiger partial charge is 0.251 e. The minimum absolute atomic E-state index is 0.0515. The van der Waals surface area contributed by atoms with Gasteiger partial charge < -0.3 is 10.6 Å². The Bertz CT molecular complexity index is 621. The van der Waals surface area contributed by atoms with E-state index < -0.39 is 0 Å². The van der Waals surface area contributed by atoms with Crippen molar-refractivity contribution in [3.05, 3.63) is 45.4 Å². The summed E-state index contributed by atoms with van der Waals surface area (Å²) in [6.45, 7) is 3.40. The van der Waals surface area contributed by atoms with E-state index in [0.717, 1.165) is 29.4 Å². The van der Waals surface area contributed by atoms with Crippen LogP contribution in [-0.4, -0.2) is 17.4 Å². The highest BCUT2D eigenvalue weighted by molar-refractivity contribution is 7.09. The van der Waals surface area contributed by atoms with Crippen LogP contribution in [0, 0.1) is 6.92 Å². The summed E-state index contributed by atoms with van der Waals surface area (Å²) in [6, 6.07) is 5.83. The first-order chi connectivity index (χ1) is 9.22. The van der Waals surface area contributed by atoms with Gasteiger partial charge in [0.15, 0.2) is 0 Å². The van der Waals surface area contributed by atoms with Gasteiger partial charge in [-0.05, 0) is 31.0 Å². The number of amides is 1. The number of aryl methyl sites for hydroxylation is 1. The van der Waals surface area contributed by atoms with Crippen molar-refractivity contribution in [1.29, 1.82) is 0 Å². The molecule has 0 aliphatic carbocycles. The van der Waals surface area contributed by atoms with E-state index in [9.17, 15) is 4.79 Å². The second kappa shape index (κ2) is 5.01. The molecule has 2 N–H and O–H groups in total. The summed E-state index contributed by atoms with van der Waals surface area (Å²) in [5.74, 6) is -0.0515. The number of hydrogen-bond acceptors (Lipinski definition) is 4. The Hall–Kier alpha value is -1.88. The number of nitrogens with zero attached hydrogens (tertiary/aromatic N) is 1. The minimum Gasteiger partial charge on any atom is -0.384 e. The van der Waals surface area contributed by atoms with Crippen LogP contribution in [-0.2, 0) is 13.0 Å². The van der Waals surface area contributed by atoms with Crippen LogP contribution in [0.1, 0.15) is 26.6 Å². The molecule has 19 heavy (non-hydrogen) atoms. The van der Waals surface area contributed by atoms with Crippen molar-refractivity contribution < 1.29 is 4.79 Å². The number of hydrogen-bond donors (Lipinski definition) is 2. The van der Waals surface area contributed by atoms with E-state index in [-0.39, 0.29) is 5.91 Å². The van der Waals surface area contributed by atoms with Crippen molar-refractivity contribution in [3.8, 4) is 0 Å². The average molecular weight is 273 g/mol. The SMILES string of the molecule is Cc1csc(CNC(=O)c2ccc3c(c2)NCC3)n1. The van der Waals surface area contributed by atoms with Gasteiger partial charge in [0.1, 0.15) is 5.01 Å². The molecule has 1 aromatic carbocycles. The highest BCUT2D eigenvalue weighted by atomic mass is 32.1. The van der Waals surface area contributed by atoms with E-state index in [4.69, 9.17) is 0 Å². The fourth-order valence-corrected chi connectivity index (χ4v) is 2.89. The van der Waals surface area contributed by atoms with Crippen LogP contribution in [0.4, 0.5) is 5.69 Å². The van der Waals surface area contributed by atoms with Gasteiger partial charge in [-0.1, -0.05) is 6.07 Å². The molecule has 0 bridgehead atoms. The molecule has 1 aromatic heterocycles. The number of thiazole rings is 1. The monoisotopic (exact) mass is 273 g/mol. The van der Waals surface area contributed by atoms with Crippen LogP contribution < -0.4 is 10.6 Å². The Kier molecular flexibility index (Phi) is 3.21. The Balaban J connectivity index is 1.67. The Morgan fingerprint density at radius 1 is 1.53 bits per heavy atom. The third kappa shape index (κ3) is 2.61. The Morgan fingerprint density at radius 3 is 3.21 bits per heavy atom. The van der Waals surface area contributed by atoms with Gasteiger partial charge in [0, 0.05) is 28.9 Å². The van der Waals surface area contributed by atoms with E-state index in [2.05, 4.69) is 15.6 Å². The second-order valence-corrected chi connectivity index (χ2v) is 5.56. The van der Waals surface area contributed by atoms with Crippen molar-refractivity contribution in [2.24, 2.45) is 0 Å². The van der Waals surface area contributed by atoms with Crippen molar-refractivity contribution in [2.75, 3.05) is 11.9 Å². The number of nitrogens with one attached hydrogen (secondary N) is 2. The van der Waals surface area contributed by atoms with Crippen molar-refractivity contribution in [3.63, 3.8) is 0 Å². The number of aromatic nitrogens is 1. The molecule has 0 unspecified atom stereocenters. The normalized spacial score (nSPS) is 12.9. The molecule has 5 heteroatoms. The van der Waals surface area contributed by atoms with Crippen molar-refractivity contribution in [1.82, 2.24) is 10.3 Å². The maximum atomic E-state index is 12.1. The molecule has 2 aromatic rings. The lowest BCUT2D eigenvalue weighted by Crippen LogP contribution is -2.22. The van der Waals surface area contributed by atoms with Gasteiger partial charge in [-0.15, -0.1) is 11.3 Å². The zero-order valence-corrected chi connectivity index (χ0v) is 11.5. The third-order valence-corrected chi connectivity index (χ3v) is 4.12. The molecular formula is C14H15N3OS. The van der Waals surface area contributed by atoms with Gasteiger partial charge in [-0.3, -0.25) is 4.79 Å². The minimum atomic E-state index is -0.0515. The predicted molar refractivity (Wildman–Crippen MR) is 76.7 cm³/mol. The first-order valence-corrected chi connectivity index (χ1v) is 7.16. The second-order valence-electron chi connectivity index (χ2n) is 4.61. The zero-order chi connectivity index (χ0) is 13.2. The molecule has 2 heterocycles. The molecule has 98 valence electrons. The number of fused-ring (bicyclic) bond motifs is 1. The molecule has 1 amide bonds. The quantitative estimate of drug-likeness (QED) is 0.902. The van der Waals surface area contributed by atoms with E-state index >= 15 is 0 Å². The van der Waals surface area contributed by atoms with Crippen LogP contribution in [0.3, 0.4) is 0 Å². The molecule has 0 spiro atoms. The predicted octanol–water partition coefficient (Wildman–Crippen LogP) is 2.35. The van der Waals surface area contributed by atoms with E-state index in [1.165, 1.54) is 5.56 Å². The van der Waals surface area contributed by atoms with Gasteiger partial charge in [0.05, 0.1) is 6.54 Å². The van der Waals surface area contributed by atoms with Gasteiger partial charge in [-0.2, -0.15) is 0 Å². The first-order valence-electron chi connectivity index (χ1n) is 6.28. The molecule has 0 saturated heterocycles. The summed E-state index contributed by atoms with van der Waals surface area (Å²) >= 11 is 1.57. The first kappa shape index (κ1) is 12.2. The van der Waals surface area contributed by atoms with Gasteiger partial charge in [0.2, 0.25) is 0 Å². The maximum absolute atomic E-state index is 12.1. The highest BCUT2D eigenvalue weighted by Crippen LogP contribution is 2.23. The average Bonchev–Trinajstić information content (AvgIpc) is 3.03. The fourth-order valence-electron chi connectivity index (χ4n) is 2.17. The lowest BCUT2D eigenvalue weighted by molar-refractivity contribution is 0.0951. The Labute approximate surface area is 115 Å². The lowest BCUT2D eigenvalue weighted by Gasteiger charge is -2.05. The molecule has 0 saturated carbocycles. The summed E-state index contributed by atoms with van der Waals surface area (Å²) in [5.41, 5.74) is 4.06. The zero-order valence-electron chi connectivity index (χ0n) is 10.7. The molecular weight excluding hydrogens is 258 g/mol. The van der Waals surface area contributed by atoms with E-state index in [1.807, 2.05) is 30.5 Å². The van der Waals surface area contributed by atoms with Gasteiger partial charge in [-0.25, -0.2) is 4.98 Å². The molecule has 0 atom stereocenters. The number of carbonyl (C=O) groups is 1. The molecule has 1 aliphatic rings. The van der Waals surface area contributed by atoms with Crippen LogP contribution in [0.5, 0.6) is 0 Å². The number of anilines is 1. The molecule has 4 nitrogen and oxygen atoms in total. The standard InChI is InChI=1S/C14H15N3OS/c1-9-8-19-13(17-9)7-16-14(18)11-3-2-10-4-5-15-12(10)6-11/h2-3,6,8,15H,4-5,7H2,1H3,(H,16,18). The van der Waals surface area contributed by atoms with Crippen LogP contribution >= 0.6 is 11.3 Å². The molecule has 3 rings (SSSR count). The number of benzene rings is 1. The van der Waals surface area contributed by atoms with Crippen molar-refractivity contribution in [2.45, 2.75) is 19.9 Å². The summed E-state index contributed by atoms with van der Waals surface area (Å²) in [6.07, 6.45) is 1.04. The molecule has 0 radical (unpaired) electrons. The highest BCUT2D eigenvalue weighted by Gasteiger charge is 2.13. The summed E-state index contributed by atoms with van der Waals surface area (Å²) in [4.78, 5) is 16.4. The topological polar surface area (TPSA) is 54.0 Å². The maximum Gasteiger partial charge on any atom is 0.251 e. The van der Waals surface area contributed by atoms with Gasteiger partial charge in [0.25, 0.3) is 5.91 Å². The van der Waals surface area contributed by atoms with Crippen molar-refractivity contribution >= 4 is 22.9 Å². The van der Waals surface area contributed by atoms with E-state index in [0.29, 0.717) is 12.1 Å². The lowest BCUT2D eigenvalue weighted by atomic mass is 10.1. The third-order valence-electron chi connectivity index (χ3n) is 3.15. The summed E-state index contributed by atoms with van der Waals surface area (Å²) in [5, 5.41) is 9.11. The summed E-state index contributed by atoms with van der Waals surface area (Å²) < 4.78 is 0. The number of rotatable bonds is 3. The Morgan fingerprint density at radius 2 is 2.42 bits per heavy atom. The van der Waals surface area contributed by atoms with Gasteiger partial charge >= 0.3 is 0 Å². The van der Waals surface area contributed by atoms with Crippen LogP contribution in [0.2, 0.25) is 0 Å². The number of carbonyl (C=O) groups excluding carboxylic acids is 1. The van der Waals surface area contributed by atoms with Crippen LogP contribution in [0.15, 0.2) is 23.6 Å².